The van der Waals surface area contributed by atoms with E-state index < -0.39 is 17.5 Å². The zero-order valence-corrected chi connectivity index (χ0v) is 11.4. The molecule has 7 heteroatoms. The highest BCUT2D eigenvalue weighted by Crippen LogP contribution is 2.32. The Morgan fingerprint density at radius 3 is 2.86 bits per heavy atom. The van der Waals surface area contributed by atoms with Crippen molar-refractivity contribution in [2.45, 2.75) is 0 Å². The first-order valence-corrected chi connectivity index (χ1v) is 6.77. The van der Waals surface area contributed by atoms with Gasteiger partial charge in [-0.05, 0) is 24.3 Å². The van der Waals surface area contributed by atoms with E-state index in [2.05, 4.69) is 10.3 Å². The number of benzene rings is 1. The molecule has 0 saturated carbocycles. The molecule has 0 aliphatic rings. The van der Waals surface area contributed by atoms with Crippen molar-refractivity contribution < 1.29 is 13.6 Å². The van der Waals surface area contributed by atoms with Gasteiger partial charge in [0.1, 0.15) is 21.3 Å². The highest BCUT2D eigenvalue weighted by molar-refractivity contribution is 7.21. The SMILES string of the molecule is Nc1c(C(=O)Nc2cc(F)ccc2F)sc2ncccc12. The molecule has 0 aliphatic heterocycles. The maximum absolute atomic E-state index is 13.5. The number of halogens is 2. The van der Waals surface area contributed by atoms with Gasteiger partial charge in [0.25, 0.3) is 5.91 Å². The van der Waals surface area contributed by atoms with Crippen LogP contribution in [0.5, 0.6) is 0 Å². The van der Waals surface area contributed by atoms with E-state index in [4.69, 9.17) is 5.73 Å². The molecule has 0 fully saturated rings. The molecule has 2 aromatic heterocycles. The Balaban J connectivity index is 1.97. The Morgan fingerprint density at radius 1 is 1.29 bits per heavy atom. The van der Waals surface area contributed by atoms with Gasteiger partial charge >= 0.3 is 0 Å². The Labute approximate surface area is 122 Å². The summed E-state index contributed by atoms with van der Waals surface area (Å²) < 4.78 is 26.6. The van der Waals surface area contributed by atoms with Crippen molar-refractivity contribution in [3.05, 3.63) is 53.0 Å². The van der Waals surface area contributed by atoms with Gasteiger partial charge in [-0.25, -0.2) is 13.8 Å². The van der Waals surface area contributed by atoms with Gasteiger partial charge < -0.3 is 11.1 Å². The van der Waals surface area contributed by atoms with Gasteiger partial charge in [-0.2, -0.15) is 0 Å². The Hall–Kier alpha value is -2.54. The molecule has 0 radical (unpaired) electrons. The molecule has 0 spiro atoms. The highest BCUT2D eigenvalue weighted by atomic mass is 32.1. The summed E-state index contributed by atoms with van der Waals surface area (Å²) in [5.41, 5.74) is 5.95. The first-order valence-electron chi connectivity index (χ1n) is 5.95. The minimum Gasteiger partial charge on any atom is -0.397 e. The number of hydrogen-bond donors (Lipinski definition) is 2. The number of pyridine rings is 1. The van der Waals surface area contributed by atoms with Crippen molar-refractivity contribution in [1.29, 1.82) is 0 Å². The van der Waals surface area contributed by atoms with E-state index in [9.17, 15) is 13.6 Å². The predicted molar refractivity (Wildman–Crippen MR) is 78.3 cm³/mol. The number of thiophene rings is 1. The Bertz CT molecular complexity index is 847. The van der Waals surface area contributed by atoms with Crippen LogP contribution < -0.4 is 11.1 Å². The number of nitrogens with one attached hydrogen (secondary N) is 1. The molecular formula is C14H9F2N3OS. The van der Waals surface area contributed by atoms with E-state index in [-0.39, 0.29) is 16.3 Å². The Kier molecular flexibility index (Phi) is 3.26. The number of hydrogen-bond acceptors (Lipinski definition) is 4. The van der Waals surface area contributed by atoms with Crippen LogP contribution in [0.2, 0.25) is 0 Å². The lowest BCUT2D eigenvalue weighted by Gasteiger charge is -2.05. The summed E-state index contributed by atoms with van der Waals surface area (Å²) in [6, 6.07) is 6.28. The van der Waals surface area contributed by atoms with E-state index in [0.29, 0.717) is 10.2 Å². The van der Waals surface area contributed by atoms with Gasteiger partial charge in [0.05, 0.1) is 11.4 Å². The van der Waals surface area contributed by atoms with Crippen molar-refractivity contribution >= 4 is 38.8 Å². The van der Waals surface area contributed by atoms with Crippen LogP contribution in [0.3, 0.4) is 0 Å². The second-order valence-corrected chi connectivity index (χ2v) is 5.28. The molecule has 106 valence electrons. The lowest BCUT2D eigenvalue weighted by atomic mass is 10.2. The minimum atomic E-state index is -0.720. The molecule has 4 nitrogen and oxygen atoms in total. The smallest absolute Gasteiger partial charge is 0.268 e. The molecule has 0 atom stereocenters. The maximum Gasteiger partial charge on any atom is 0.268 e. The van der Waals surface area contributed by atoms with Crippen LogP contribution in [0.15, 0.2) is 36.5 Å². The molecule has 3 N–H and O–H groups in total. The third-order valence-electron chi connectivity index (χ3n) is 2.89. The predicted octanol–water partition coefficient (Wildman–Crippen LogP) is 3.41. The number of anilines is 2. The maximum atomic E-state index is 13.5. The number of rotatable bonds is 2. The van der Waals surface area contributed by atoms with Crippen molar-refractivity contribution in [3.8, 4) is 0 Å². The first-order chi connectivity index (χ1) is 10.1. The second-order valence-electron chi connectivity index (χ2n) is 4.28. The molecule has 0 saturated heterocycles. The fraction of sp³-hybridized carbons (Fsp3) is 0. The summed E-state index contributed by atoms with van der Waals surface area (Å²) in [6.45, 7) is 0. The van der Waals surface area contributed by atoms with Crippen LogP contribution in [-0.2, 0) is 0 Å². The molecule has 0 bridgehead atoms. The molecule has 3 aromatic rings. The number of amides is 1. The third kappa shape index (κ3) is 2.43. The number of carbonyl (C=O) groups excluding carboxylic acids is 1. The lowest BCUT2D eigenvalue weighted by Crippen LogP contribution is -2.13. The van der Waals surface area contributed by atoms with Gasteiger partial charge in [-0.15, -0.1) is 11.3 Å². The summed E-state index contributed by atoms with van der Waals surface area (Å²) in [5.74, 6) is -1.96. The number of aromatic nitrogens is 1. The molecule has 3 rings (SSSR count). The number of nitrogens with zero attached hydrogens (tertiary/aromatic N) is 1. The van der Waals surface area contributed by atoms with E-state index in [1.165, 1.54) is 0 Å². The van der Waals surface area contributed by atoms with Crippen LogP contribution in [0.4, 0.5) is 20.2 Å². The normalized spacial score (nSPS) is 10.8. The fourth-order valence-corrected chi connectivity index (χ4v) is 2.85. The van der Waals surface area contributed by atoms with E-state index in [1.807, 2.05) is 0 Å². The van der Waals surface area contributed by atoms with E-state index in [0.717, 1.165) is 29.5 Å². The van der Waals surface area contributed by atoms with Crippen LogP contribution >= 0.6 is 11.3 Å². The lowest BCUT2D eigenvalue weighted by molar-refractivity contribution is 0.103. The summed E-state index contributed by atoms with van der Waals surface area (Å²) >= 11 is 1.10. The van der Waals surface area contributed by atoms with Crippen LogP contribution in [0.25, 0.3) is 10.2 Å². The van der Waals surface area contributed by atoms with Gasteiger partial charge in [0.15, 0.2) is 0 Å². The van der Waals surface area contributed by atoms with Crippen molar-refractivity contribution in [2.75, 3.05) is 11.1 Å². The minimum absolute atomic E-state index is 0.215. The summed E-state index contributed by atoms with van der Waals surface area (Å²) in [6.07, 6.45) is 1.59. The number of fused-ring (bicyclic) bond motifs is 1. The molecule has 0 unspecified atom stereocenters. The quantitative estimate of drug-likeness (QED) is 0.762. The number of nitrogen functional groups attached to an aromatic ring is 1. The highest BCUT2D eigenvalue weighted by Gasteiger charge is 2.18. The van der Waals surface area contributed by atoms with Gasteiger partial charge in [0.2, 0.25) is 0 Å². The number of nitrogens with two attached hydrogens (primary N) is 1. The molecule has 21 heavy (non-hydrogen) atoms. The Morgan fingerprint density at radius 2 is 2.10 bits per heavy atom. The number of carbonyl (C=O) groups is 1. The van der Waals surface area contributed by atoms with E-state index >= 15 is 0 Å². The third-order valence-corrected chi connectivity index (χ3v) is 4.02. The standard InChI is InChI=1S/C14H9F2N3OS/c15-7-3-4-9(16)10(6-7)19-13(20)12-11(17)8-2-1-5-18-14(8)21-12/h1-6H,17H2,(H,19,20). The van der Waals surface area contributed by atoms with Gasteiger partial charge in [-0.1, -0.05) is 0 Å². The van der Waals surface area contributed by atoms with Crippen molar-refractivity contribution in [1.82, 2.24) is 4.98 Å². The average Bonchev–Trinajstić information content (AvgIpc) is 2.81. The van der Waals surface area contributed by atoms with E-state index in [1.54, 1.807) is 18.3 Å². The van der Waals surface area contributed by atoms with Crippen LogP contribution in [-0.4, -0.2) is 10.9 Å². The molecule has 1 aromatic carbocycles. The molecule has 2 heterocycles. The average molecular weight is 305 g/mol. The second kappa shape index (κ2) is 5.10. The van der Waals surface area contributed by atoms with Crippen LogP contribution in [0.1, 0.15) is 9.67 Å². The van der Waals surface area contributed by atoms with Gasteiger partial charge in [-0.3, -0.25) is 4.79 Å². The summed E-state index contributed by atoms with van der Waals surface area (Å²) in [7, 11) is 0. The van der Waals surface area contributed by atoms with Crippen molar-refractivity contribution in [2.24, 2.45) is 0 Å². The van der Waals surface area contributed by atoms with Crippen LogP contribution in [0, 0.1) is 11.6 Å². The monoisotopic (exact) mass is 305 g/mol. The topological polar surface area (TPSA) is 68.0 Å². The zero-order chi connectivity index (χ0) is 15.0. The molecule has 0 aliphatic carbocycles. The molecular weight excluding hydrogens is 296 g/mol. The first kappa shape index (κ1) is 13.4. The molecule has 1 amide bonds. The largest absolute Gasteiger partial charge is 0.397 e. The van der Waals surface area contributed by atoms with Crippen molar-refractivity contribution in [3.63, 3.8) is 0 Å². The summed E-state index contributed by atoms with van der Waals surface area (Å²) in [4.78, 5) is 17.1. The summed E-state index contributed by atoms with van der Waals surface area (Å²) in [5, 5.41) is 2.98. The zero-order valence-electron chi connectivity index (χ0n) is 10.6. The van der Waals surface area contributed by atoms with Gasteiger partial charge in [0, 0.05) is 17.6 Å². The fourth-order valence-electron chi connectivity index (χ4n) is 1.89.